The Morgan fingerprint density at radius 1 is 0.442 bits per heavy atom. The molecule has 43 heavy (non-hydrogen) atoms. The van der Waals surface area contributed by atoms with Gasteiger partial charge >= 0.3 is 0 Å². The van der Waals surface area contributed by atoms with E-state index in [4.69, 9.17) is 43.6 Å². The molecule has 0 rings (SSSR count). The Balaban J connectivity index is 3.33. The van der Waals surface area contributed by atoms with Crippen molar-refractivity contribution in [1.82, 2.24) is 21.3 Å². The van der Waals surface area contributed by atoms with Gasteiger partial charge in [0.15, 0.2) is 0 Å². The van der Waals surface area contributed by atoms with Crippen LogP contribution in [0.15, 0.2) is 0 Å². The van der Waals surface area contributed by atoms with Crippen LogP contribution in [0, 0.1) is 0 Å². The molecule has 6 N–H and O–H groups in total. The minimum absolute atomic E-state index is 0.0930. The summed E-state index contributed by atoms with van der Waals surface area (Å²) in [5.41, 5.74) is 4.93. The lowest BCUT2D eigenvalue weighted by molar-refractivity contribution is -0.128. The Hall–Kier alpha value is -2.97. The van der Waals surface area contributed by atoms with Crippen LogP contribution in [-0.2, 0) is 61.9 Å². The van der Waals surface area contributed by atoms with Crippen molar-refractivity contribution in [3.05, 3.63) is 0 Å². The van der Waals surface area contributed by atoms with Gasteiger partial charge in [-0.05, 0) is 0 Å². The number of hydrogen-bond donors (Lipinski definition) is 5. The maximum absolute atomic E-state index is 11.7. The fourth-order valence-corrected chi connectivity index (χ4v) is 2.68. The highest BCUT2D eigenvalue weighted by Crippen LogP contribution is 1.84. The molecule has 0 aromatic carbocycles. The summed E-state index contributed by atoms with van der Waals surface area (Å²) in [4.78, 5) is 55.5. The second kappa shape index (κ2) is 32.0. The Morgan fingerprint density at radius 2 is 0.744 bits per heavy atom. The van der Waals surface area contributed by atoms with Crippen LogP contribution in [0.2, 0.25) is 0 Å². The van der Waals surface area contributed by atoms with E-state index in [0.29, 0.717) is 52.4 Å². The summed E-state index contributed by atoms with van der Waals surface area (Å²) >= 11 is 0. The average molecular weight is 626 g/mol. The summed E-state index contributed by atoms with van der Waals surface area (Å²) < 4.78 is 41.6. The topological polar surface area (TPSA) is 233 Å². The van der Waals surface area contributed by atoms with Crippen molar-refractivity contribution >= 4 is 30.0 Å². The summed E-state index contributed by atoms with van der Waals surface area (Å²) in [6, 6.07) is 0. The van der Waals surface area contributed by atoms with Gasteiger partial charge in [-0.25, -0.2) is 0 Å². The molecule has 0 heterocycles. The molecule has 0 fully saturated rings. The van der Waals surface area contributed by atoms with Crippen LogP contribution >= 0.6 is 0 Å². The number of nitrogens with two attached hydrogens (primary N) is 1. The molecular formula is C25H47N5O13. The standard InChI is InChI=1S/C25H47N5O13/c26-22(32)17-40-13-9-37-6-2-28-24(34)19-42-15-11-39-8-4-30-25(35)20-43-16-12-38-7-3-29-23(33)18-41-14-10-36-5-1-27-21-31/h21H,1-20H2,(H2,26,32)(H,27,31)(H,28,34)(H,29,33)(H,30,35). The molecule has 0 atom stereocenters. The smallest absolute Gasteiger partial charge is 0.246 e. The van der Waals surface area contributed by atoms with Crippen molar-refractivity contribution in [2.24, 2.45) is 5.73 Å². The van der Waals surface area contributed by atoms with Gasteiger partial charge in [0.1, 0.15) is 26.4 Å². The first-order valence-electron chi connectivity index (χ1n) is 13.8. The Morgan fingerprint density at radius 3 is 1.07 bits per heavy atom. The maximum Gasteiger partial charge on any atom is 0.246 e. The molecule has 0 unspecified atom stereocenters. The zero-order valence-corrected chi connectivity index (χ0v) is 24.6. The van der Waals surface area contributed by atoms with E-state index in [1.807, 2.05) is 0 Å². The molecule has 0 aromatic rings. The van der Waals surface area contributed by atoms with E-state index >= 15 is 0 Å². The molecule has 0 aliphatic heterocycles. The number of carbonyl (C=O) groups excluding carboxylic acids is 5. The number of hydrogen-bond acceptors (Lipinski definition) is 13. The monoisotopic (exact) mass is 625 g/mol. The molecule has 0 aromatic heterocycles. The Bertz CT molecular complexity index is 734. The molecule has 18 nitrogen and oxygen atoms in total. The van der Waals surface area contributed by atoms with E-state index in [1.54, 1.807) is 0 Å². The lowest BCUT2D eigenvalue weighted by Crippen LogP contribution is -2.32. The van der Waals surface area contributed by atoms with Gasteiger partial charge in [0.2, 0.25) is 30.0 Å². The van der Waals surface area contributed by atoms with E-state index < -0.39 is 5.91 Å². The van der Waals surface area contributed by atoms with E-state index in [9.17, 15) is 24.0 Å². The molecule has 0 saturated carbocycles. The molecule has 0 spiro atoms. The minimum atomic E-state index is -0.547. The van der Waals surface area contributed by atoms with Gasteiger partial charge in [0.05, 0.1) is 79.3 Å². The zero-order valence-electron chi connectivity index (χ0n) is 24.6. The fraction of sp³-hybridized carbons (Fsp3) is 0.800. The number of rotatable bonds is 33. The lowest BCUT2D eigenvalue weighted by Gasteiger charge is -2.09. The minimum Gasteiger partial charge on any atom is -0.377 e. The van der Waals surface area contributed by atoms with Crippen LogP contribution in [-0.4, -0.2) is 162 Å². The molecule has 250 valence electrons. The van der Waals surface area contributed by atoms with Crippen LogP contribution in [0.25, 0.3) is 0 Å². The average Bonchev–Trinajstić information content (AvgIpc) is 2.98. The normalized spacial score (nSPS) is 10.7. The van der Waals surface area contributed by atoms with E-state index in [-0.39, 0.29) is 104 Å². The summed E-state index contributed by atoms with van der Waals surface area (Å²) in [5.74, 6) is -1.41. The van der Waals surface area contributed by atoms with Gasteiger partial charge in [-0.1, -0.05) is 0 Å². The molecule has 0 bridgehead atoms. The van der Waals surface area contributed by atoms with Crippen LogP contribution in [0.3, 0.4) is 0 Å². The molecule has 0 radical (unpaired) electrons. The SMILES string of the molecule is NC(=O)COCCOCCNC(=O)COCCOCCNC(=O)COCCOCCNC(=O)COCCOCCNC=O. The van der Waals surface area contributed by atoms with Crippen molar-refractivity contribution in [2.45, 2.75) is 0 Å². The molecule has 0 aliphatic rings. The van der Waals surface area contributed by atoms with Crippen molar-refractivity contribution in [3.8, 4) is 0 Å². The summed E-state index contributed by atoms with van der Waals surface area (Å²) in [6.07, 6.45) is 0.591. The number of nitrogens with one attached hydrogen (secondary N) is 4. The van der Waals surface area contributed by atoms with Crippen molar-refractivity contribution in [2.75, 3.05) is 132 Å². The number of primary amides is 1. The van der Waals surface area contributed by atoms with Gasteiger partial charge in [0, 0.05) is 26.2 Å². The van der Waals surface area contributed by atoms with Gasteiger partial charge in [-0.3, -0.25) is 24.0 Å². The largest absolute Gasteiger partial charge is 0.377 e. The van der Waals surface area contributed by atoms with Gasteiger partial charge < -0.3 is 64.9 Å². The second-order valence-electron chi connectivity index (χ2n) is 8.25. The molecule has 18 heteroatoms. The van der Waals surface area contributed by atoms with Gasteiger partial charge in [0.25, 0.3) is 0 Å². The molecule has 0 aliphatic carbocycles. The zero-order chi connectivity index (χ0) is 31.6. The quantitative estimate of drug-likeness (QED) is 0.0343. The highest BCUT2D eigenvalue weighted by atomic mass is 16.5. The predicted octanol–water partition coefficient (Wildman–Crippen LogP) is -4.30. The van der Waals surface area contributed by atoms with Crippen LogP contribution in [0.4, 0.5) is 0 Å². The van der Waals surface area contributed by atoms with E-state index in [1.165, 1.54) is 0 Å². The number of amides is 5. The van der Waals surface area contributed by atoms with Crippen molar-refractivity contribution in [1.29, 1.82) is 0 Å². The van der Waals surface area contributed by atoms with E-state index in [2.05, 4.69) is 21.3 Å². The molecule has 5 amide bonds. The Labute approximate surface area is 251 Å². The third-order valence-corrected chi connectivity index (χ3v) is 4.61. The first kappa shape index (κ1) is 40.0. The highest BCUT2D eigenvalue weighted by molar-refractivity contribution is 5.77. The third kappa shape index (κ3) is 33.4. The van der Waals surface area contributed by atoms with Crippen LogP contribution in [0.1, 0.15) is 0 Å². The van der Waals surface area contributed by atoms with Crippen LogP contribution in [0.5, 0.6) is 0 Å². The summed E-state index contributed by atoms with van der Waals surface area (Å²) in [5, 5.41) is 10.4. The van der Waals surface area contributed by atoms with Gasteiger partial charge in [-0.2, -0.15) is 0 Å². The van der Waals surface area contributed by atoms with Gasteiger partial charge in [-0.15, -0.1) is 0 Å². The van der Waals surface area contributed by atoms with Crippen molar-refractivity contribution < 1.29 is 61.9 Å². The first-order valence-corrected chi connectivity index (χ1v) is 13.8. The summed E-state index contributed by atoms with van der Waals surface area (Å²) in [7, 11) is 0. The van der Waals surface area contributed by atoms with Crippen LogP contribution < -0.4 is 27.0 Å². The molecular weight excluding hydrogens is 578 g/mol. The lowest BCUT2D eigenvalue weighted by atomic mass is 10.5. The Kier molecular flexibility index (Phi) is 29.7. The predicted molar refractivity (Wildman–Crippen MR) is 149 cm³/mol. The summed E-state index contributed by atoms with van der Waals surface area (Å²) in [6.45, 7) is 4.13. The maximum atomic E-state index is 11.7. The first-order chi connectivity index (χ1) is 21.0. The fourth-order valence-electron chi connectivity index (χ4n) is 2.68. The van der Waals surface area contributed by atoms with E-state index in [0.717, 1.165) is 0 Å². The number of ether oxygens (including phenoxy) is 8. The second-order valence-corrected chi connectivity index (χ2v) is 8.25. The van der Waals surface area contributed by atoms with Crippen molar-refractivity contribution in [3.63, 3.8) is 0 Å². The highest BCUT2D eigenvalue weighted by Gasteiger charge is 2.04. The third-order valence-electron chi connectivity index (χ3n) is 4.61. The number of carbonyl (C=O) groups is 5. The molecule has 0 saturated heterocycles.